The van der Waals surface area contributed by atoms with Gasteiger partial charge in [-0.25, -0.2) is 9.13 Å². The lowest BCUT2D eigenvalue weighted by atomic mass is 10.1. The molecule has 0 radical (unpaired) electrons. The van der Waals surface area contributed by atoms with Crippen LogP contribution in [0.4, 0.5) is 0 Å². The van der Waals surface area contributed by atoms with Crippen LogP contribution in [-0.4, -0.2) is 96.7 Å². The SMILES string of the molecule is CCCCCC/C=C\C=C/CCCCCCCC(=O)OC[C@H](COP(=O)(O)OC[C@@H](O)COP(=O)(O)OC[C@@H](COC(=O)CCCCCCCCCC)OC(=O)CCCCCCC/C=C\C=C/CCCCCC)OC(=O)CCCCCCC/C=C\C=C/CCCCCC. The van der Waals surface area contributed by atoms with E-state index < -0.39 is 97.5 Å². The van der Waals surface area contributed by atoms with Crippen molar-refractivity contribution in [2.45, 2.75) is 335 Å². The molecule has 93 heavy (non-hydrogen) atoms. The summed E-state index contributed by atoms with van der Waals surface area (Å²) in [5.41, 5.74) is 0. The first-order valence-corrected chi connectivity index (χ1v) is 39.7. The predicted octanol–water partition coefficient (Wildman–Crippen LogP) is 20.5. The van der Waals surface area contributed by atoms with Gasteiger partial charge >= 0.3 is 39.5 Å². The molecule has 0 rings (SSSR count). The summed E-state index contributed by atoms with van der Waals surface area (Å²) in [6.07, 6.45) is 64.8. The Hall–Kier alpha value is -3.50. The monoisotopic (exact) mass is 1350 g/mol. The lowest BCUT2D eigenvalue weighted by molar-refractivity contribution is -0.161. The fraction of sp³-hybridized carbons (Fsp3) is 0.784. The molecule has 0 aromatic carbocycles. The van der Waals surface area contributed by atoms with E-state index in [1.54, 1.807) is 0 Å². The maximum atomic E-state index is 13.0. The highest BCUT2D eigenvalue weighted by atomic mass is 31.2. The highest BCUT2D eigenvalue weighted by Crippen LogP contribution is 2.45. The minimum absolute atomic E-state index is 0.0759. The molecular formula is C74H132O17P2. The van der Waals surface area contributed by atoms with Gasteiger partial charge in [0.1, 0.15) is 19.3 Å². The minimum Gasteiger partial charge on any atom is -0.462 e. The molecule has 0 bridgehead atoms. The zero-order valence-electron chi connectivity index (χ0n) is 58.7. The smallest absolute Gasteiger partial charge is 0.462 e. The second-order valence-electron chi connectivity index (χ2n) is 24.6. The van der Waals surface area contributed by atoms with Crippen LogP contribution in [0.2, 0.25) is 0 Å². The molecule has 5 atom stereocenters. The van der Waals surface area contributed by atoms with Crippen molar-refractivity contribution in [2.75, 3.05) is 39.6 Å². The van der Waals surface area contributed by atoms with Gasteiger partial charge in [0.05, 0.1) is 26.4 Å². The number of phosphoric ester groups is 2. The van der Waals surface area contributed by atoms with Crippen molar-refractivity contribution in [3.63, 3.8) is 0 Å². The fourth-order valence-corrected chi connectivity index (χ4v) is 11.4. The Labute approximate surface area is 564 Å². The quantitative estimate of drug-likeness (QED) is 0.0169. The van der Waals surface area contributed by atoms with Crippen LogP contribution in [0.25, 0.3) is 0 Å². The van der Waals surface area contributed by atoms with Gasteiger partial charge in [0.2, 0.25) is 0 Å². The lowest BCUT2D eigenvalue weighted by Crippen LogP contribution is -2.30. The summed E-state index contributed by atoms with van der Waals surface area (Å²) in [4.78, 5) is 72.5. The lowest BCUT2D eigenvalue weighted by Gasteiger charge is -2.21. The van der Waals surface area contributed by atoms with Gasteiger partial charge in [-0.2, -0.15) is 0 Å². The Kier molecular flexibility index (Phi) is 64.6. The first-order valence-electron chi connectivity index (χ1n) is 36.7. The van der Waals surface area contributed by atoms with Gasteiger partial charge in [0.25, 0.3) is 0 Å². The van der Waals surface area contributed by atoms with Crippen molar-refractivity contribution in [2.24, 2.45) is 0 Å². The van der Waals surface area contributed by atoms with Gasteiger partial charge in [-0.1, -0.05) is 261 Å². The molecule has 0 amide bonds. The van der Waals surface area contributed by atoms with E-state index in [0.717, 1.165) is 141 Å². The predicted molar refractivity (Wildman–Crippen MR) is 376 cm³/mol. The number of allylic oxidation sites excluding steroid dienone is 12. The number of rotatable bonds is 69. The van der Waals surface area contributed by atoms with Gasteiger partial charge in [0.15, 0.2) is 12.2 Å². The van der Waals surface area contributed by atoms with E-state index in [2.05, 4.69) is 101 Å². The van der Waals surface area contributed by atoms with Crippen molar-refractivity contribution in [1.82, 2.24) is 0 Å². The Bertz CT molecular complexity index is 2060. The number of hydrogen-bond acceptors (Lipinski definition) is 15. The van der Waals surface area contributed by atoms with Crippen LogP contribution in [0, 0.1) is 0 Å². The molecule has 0 aromatic heterocycles. The fourth-order valence-electron chi connectivity index (χ4n) is 9.78. The summed E-state index contributed by atoms with van der Waals surface area (Å²) < 4.78 is 68.2. The standard InChI is InChI=1S/C74H132O17P2/c1-5-9-13-17-21-25-28-31-34-37-40-43-47-51-55-59-72(77)85-65-70(91-74(79)61-57-53-49-45-42-39-36-33-30-27-23-19-15-11-7-3)67-89-93(82,83)87-63-68(75)62-86-92(80,81)88-66-69(64-84-71(76)58-54-50-46-24-20-16-12-8-4)90-73(78)60-56-52-48-44-41-38-35-32-29-26-22-18-14-10-6-2/h25-36,68-70,75H,5-24,37-67H2,1-4H3,(H,80,81)(H,82,83)/b28-25-,29-26-,30-27-,34-31-,35-32-,36-33-/t68-,69+,70+/m0/s1. The molecule has 0 aromatic rings. The van der Waals surface area contributed by atoms with Gasteiger partial charge in [0, 0.05) is 25.7 Å². The summed E-state index contributed by atoms with van der Waals surface area (Å²) in [6, 6.07) is 0. The number of carbonyl (C=O) groups excluding carboxylic acids is 4. The number of esters is 4. The molecule has 3 N–H and O–H groups in total. The molecule has 0 saturated carbocycles. The normalized spacial score (nSPS) is 14.4. The van der Waals surface area contributed by atoms with Gasteiger partial charge in [-0.05, 0) is 103 Å². The van der Waals surface area contributed by atoms with E-state index in [-0.39, 0.29) is 25.7 Å². The number of carbonyl (C=O) groups is 4. The van der Waals surface area contributed by atoms with Crippen molar-refractivity contribution in [1.29, 1.82) is 0 Å². The topological polar surface area (TPSA) is 237 Å². The average Bonchev–Trinajstić information content (AvgIpc) is 3.50. The highest BCUT2D eigenvalue weighted by molar-refractivity contribution is 7.47. The molecule has 0 aliphatic rings. The van der Waals surface area contributed by atoms with Crippen molar-refractivity contribution < 1.29 is 80.2 Å². The second-order valence-corrected chi connectivity index (χ2v) is 27.5. The van der Waals surface area contributed by atoms with Crippen LogP contribution in [0.1, 0.15) is 317 Å². The molecule has 0 fully saturated rings. The average molecular weight is 1360 g/mol. The molecular weight excluding hydrogens is 1220 g/mol. The largest absolute Gasteiger partial charge is 0.472 e. The van der Waals surface area contributed by atoms with Crippen LogP contribution in [0.15, 0.2) is 72.9 Å². The zero-order chi connectivity index (χ0) is 68.2. The molecule has 0 aliphatic carbocycles. The molecule has 0 spiro atoms. The second kappa shape index (κ2) is 67.1. The van der Waals surface area contributed by atoms with E-state index in [1.165, 1.54) is 96.3 Å². The maximum Gasteiger partial charge on any atom is 0.472 e. The third kappa shape index (κ3) is 66.9. The highest BCUT2D eigenvalue weighted by Gasteiger charge is 2.30. The minimum atomic E-state index is -4.97. The number of ether oxygens (including phenoxy) is 4. The van der Waals surface area contributed by atoms with E-state index >= 15 is 0 Å². The van der Waals surface area contributed by atoms with Crippen LogP contribution >= 0.6 is 15.6 Å². The van der Waals surface area contributed by atoms with E-state index in [9.17, 15) is 43.2 Å². The van der Waals surface area contributed by atoms with Crippen LogP contribution in [-0.2, 0) is 65.4 Å². The molecule has 0 heterocycles. The Morgan fingerprint density at radius 1 is 0.301 bits per heavy atom. The molecule has 2 unspecified atom stereocenters. The zero-order valence-corrected chi connectivity index (χ0v) is 60.5. The third-order valence-electron chi connectivity index (χ3n) is 15.5. The Morgan fingerprint density at radius 3 is 0.785 bits per heavy atom. The number of aliphatic hydroxyl groups excluding tert-OH is 1. The number of unbranched alkanes of at least 4 members (excludes halogenated alkanes) is 34. The van der Waals surface area contributed by atoms with E-state index in [0.29, 0.717) is 25.7 Å². The van der Waals surface area contributed by atoms with Crippen LogP contribution < -0.4 is 0 Å². The summed E-state index contributed by atoms with van der Waals surface area (Å²) in [5.74, 6) is -2.21. The first kappa shape index (κ1) is 89.5. The molecule has 540 valence electrons. The Morgan fingerprint density at radius 2 is 0.516 bits per heavy atom. The molecule has 0 aliphatic heterocycles. The van der Waals surface area contributed by atoms with Crippen molar-refractivity contribution >= 4 is 39.5 Å². The molecule has 19 heteroatoms. The van der Waals surface area contributed by atoms with Crippen LogP contribution in [0.3, 0.4) is 0 Å². The molecule has 17 nitrogen and oxygen atoms in total. The van der Waals surface area contributed by atoms with Crippen molar-refractivity contribution in [3.05, 3.63) is 72.9 Å². The molecule has 0 saturated heterocycles. The van der Waals surface area contributed by atoms with Gasteiger partial charge in [-0.3, -0.25) is 37.3 Å². The Balaban J connectivity index is 5.33. The summed E-state index contributed by atoms with van der Waals surface area (Å²) in [6.45, 7) is 4.74. The van der Waals surface area contributed by atoms with E-state index in [4.69, 9.17) is 37.0 Å². The van der Waals surface area contributed by atoms with Crippen molar-refractivity contribution in [3.8, 4) is 0 Å². The van der Waals surface area contributed by atoms with Gasteiger partial charge < -0.3 is 33.8 Å². The number of phosphoric acid groups is 2. The summed E-state index contributed by atoms with van der Waals surface area (Å²) >= 11 is 0. The number of aliphatic hydroxyl groups is 1. The number of hydrogen-bond donors (Lipinski definition) is 3. The maximum absolute atomic E-state index is 13.0. The van der Waals surface area contributed by atoms with Gasteiger partial charge in [-0.15, -0.1) is 0 Å². The van der Waals surface area contributed by atoms with Crippen LogP contribution in [0.5, 0.6) is 0 Å². The summed E-state index contributed by atoms with van der Waals surface area (Å²) in [7, 11) is -9.94. The first-order chi connectivity index (χ1) is 45.2. The third-order valence-corrected chi connectivity index (χ3v) is 17.4. The summed E-state index contributed by atoms with van der Waals surface area (Å²) in [5, 5.41) is 10.6. The van der Waals surface area contributed by atoms with E-state index in [1.807, 2.05) is 0 Å².